The van der Waals surface area contributed by atoms with Crippen molar-refractivity contribution < 1.29 is 0 Å². The molecule has 0 N–H and O–H groups in total. The van der Waals surface area contributed by atoms with Crippen molar-refractivity contribution in [2.75, 3.05) is 59.3 Å². The fourth-order valence-corrected chi connectivity index (χ4v) is 3.85. The summed E-state index contributed by atoms with van der Waals surface area (Å²) in [6, 6.07) is 12.8. The van der Waals surface area contributed by atoms with E-state index in [1.165, 1.54) is 5.39 Å². The summed E-state index contributed by atoms with van der Waals surface area (Å²) in [6.07, 6.45) is 6.07. The number of halogens is 3. The Bertz CT molecular complexity index is 1130. The molecule has 0 saturated carbocycles. The first-order valence-corrected chi connectivity index (χ1v) is 11.9. The van der Waals surface area contributed by atoms with Gasteiger partial charge in [0.25, 0.3) is 0 Å². The van der Waals surface area contributed by atoms with Crippen molar-refractivity contribution in [1.82, 2.24) is 14.8 Å². The minimum atomic E-state index is 0. The van der Waals surface area contributed by atoms with Crippen molar-refractivity contribution in [2.45, 2.75) is 26.7 Å². The van der Waals surface area contributed by atoms with Crippen molar-refractivity contribution in [3.8, 4) is 0 Å². The van der Waals surface area contributed by atoms with Gasteiger partial charge in [-0.3, -0.25) is 9.98 Å². The molecule has 0 radical (unpaired) electrons. The van der Waals surface area contributed by atoms with Crippen molar-refractivity contribution in [2.24, 2.45) is 9.98 Å². The first kappa shape index (κ1) is 34.0. The van der Waals surface area contributed by atoms with E-state index in [0.717, 1.165) is 72.5 Å². The number of rotatable bonds is 11. The van der Waals surface area contributed by atoms with Gasteiger partial charge in [-0.15, -0.1) is 37.2 Å². The summed E-state index contributed by atoms with van der Waals surface area (Å²) in [4.78, 5) is 21.1. The Morgan fingerprint density at radius 3 is 1.69 bits per heavy atom. The van der Waals surface area contributed by atoms with Crippen LogP contribution in [0.4, 0.5) is 17.2 Å². The molecule has 9 heteroatoms. The van der Waals surface area contributed by atoms with Gasteiger partial charge in [0, 0.05) is 49.4 Å². The number of hydrogen-bond donors (Lipinski definition) is 0. The molecule has 3 aromatic rings. The summed E-state index contributed by atoms with van der Waals surface area (Å²) in [5.74, 6) is 1.04. The van der Waals surface area contributed by atoms with Gasteiger partial charge in [0.1, 0.15) is 5.82 Å². The van der Waals surface area contributed by atoms with E-state index >= 15 is 0 Å². The van der Waals surface area contributed by atoms with Crippen molar-refractivity contribution >= 4 is 88.5 Å². The molecule has 3 rings (SSSR count). The number of pyridine rings is 1. The van der Waals surface area contributed by atoms with Crippen molar-refractivity contribution in [3.63, 3.8) is 0 Å². The number of hydrogen-bond acceptors (Lipinski definition) is 6. The summed E-state index contributed by atoms with van der Waals surface area (Å²) >= 11 is 0. The van der Waals surface area contributed by atoms with Crippen LogP contribution in [0.3, 0.4) is 0 Å². The third-order valence-electron chi connectivity index (χ3n) is 5.40. The highest BCUT2D eigenvalue weighted by molar-refractivity contribution is 6.11. The van der Waals surface area contributed by atoms with E-state index in [2.05, 4.69) is 69.9 Å². The molecule has 1 heterocycles. The Morgan fingerprint density at radius 1 is 0.694 bits per heavy atom. The summed E-state index contributed by atoms with van der Waals surface area (Å²) < 4.78 is 0. The third-order valence-corrected chi connectivity index (χ3v) is 5.40. The van der Waals surface area contributed by atoms with E-state index in [4.69, 9.17) is 9.98 Å². The van der Waals surface area contributed by atoms with Crippen molar-refractivity contribution in [3.05, 3.63) is 36.4 Å². The lowest BCUT2D eigenvalue weighted by molar-refractivity contribution is 0.473. The molecular weight excluding hydrogens is 515 g/mol. The monoisotopic (exact) mass is 554 g/mol. The normalized spacial score (nSPS) is 11.3. The molecule has 0 aliphatic heterocycles. The number of benzene rings is 2. The van der Waals surface area contributed by atoms with Crippen molar-refractivity contribution in [1.29, 1.82) is 0 Å². The highest BCUT2D eigenvalue weighted by atomic mass is 35.5. The summed E-state index contributed by atoms with van der Waals surface area (Å²) in [5.41, 5.74) is 2.88. The average Bonchev–Trinajstić information content (AvgIpc) is 2.77. The summed E-state index contributed by atoms with van der Waals surface area (Å²) in [5, 5.41) is 3.52. The molecule has 200 valence electrons. The lowest BCUT2D eigenvalue weighted by atomic mass is 10.0. The van der Waals surface area contributed by atoms with Gasteiger partial charge in [0.15, 0.2) is 0 Å². The van der Waals surface area contributed by atoms with Gasteiger partial charge in [-0.2, -0.15) is 0 Å². The second-order valence-electron chi connectivity index (χ2n) is 9.00. The molecule has 0 fully saturated rings. The zero-order chi connectivity index (χ0) is 23.8. The van der Waals surface area contributed by atoms with Crippen LogP contribution in [0.5, 0.6) is 0 Å². The van der Waals surface area contributed by atoms with E-state index in [1.54, 1.807) is 0 Å². The average molecular weight is 556 g/mol. The number of fused-ring (bicyclic) bond motifs is 3. The Hall–Kier alpha value is -1.96. The summed E-state index contributed by atoms with van der Waals surface area (Å²) in [6.45, 7) is 8.04. The first-order valence-electron chi connectivity index (χ1n) is 11.9. The van der Waals surface area contributed by atoms with Gasteiger partial charge in [-0.25, -0.2) is 4.98 Å². The number of aliphatic imine (C=N–C) groups is 2. The zero-order valence-electron chi connectivity index (χ0n) is 22.3. The summed E-state index contributed by atoms with van der Waals surface area (Å²) in [7, 11) is 8.18. The molecule has 0 aliphatic rings. The Morgan fingerprint density at radius 2 is 1.19 bits per heavy atom. The van der Waals surface area contributed by atoms with Crippen LogP contribution in [0.25, 0.3) is 21.7 Å². The molecule has 0 amide bonds. The van der Waals surface area contributed by atoms with Gasteiger partial charge in [0.05, 0.1) is 16.9 Å². The van der Waals surface area contributed by atoms with Crippen LogP contribution in [-0.4, -0.2) is 81.6 Å². The number of nitrogens with zero attached hydrogens (tertiary/aromatic N) is 6. The molecule has 36 heavy (non-hydrogen) atoms. The van der Waals surface area contributed by atoms with E-state index in [0.29, 0.717) is 0 Å². The molecule has 0 saturated heterocycles. The molecular formula is C27H41Cl3N6. The highest BCUT2D eigenvalue weighted by Crippen LogP contribution is 2.35. The Balaban J connectivity index is 0.00000408. The van der Waals surface area contributed by atoms with Crippen LogP contribution in [0.1, 0.15) is 26.7 Å². The lowest BCUT2D eigenvalue weighted by Crippen LogP contribution is -2.26. The van der Waals surface area contributed by atoms with E-state index < -0.39 is 0 Å². The molecule has 0 aliphatic carbocycles. The van der Waals surface area contributed by atoms with Gasteiger partial charge in [0.2, 0.25) is 0 Å². The van der Waals surface area contributed by atoms with Crippen LogP contribution in [-0.2, 0) is 0 Å². The third kappa shape index (κ3) is 9.16. The predicted octanol–water partition coefficient (Wildman–Crippen LogP) is 6.81. The fourth-order valence-electron chi connectivity index (χ4n) is 3.85. The quantitative estimate of drug-likeness (QED) is 0.193. The fraction of sp³-hybridized carbons (Fsp3) is 0.444. The molecule has 0 unspecified atom stereocenters. The largest absolute Gasteiger partial charge is 0.356 e. The first-order chi connectivity index (χ1) is 15.9. The van der Waals surface area contributed by atoms with E-state index in [9.17, 15) is 0 Å². The van der Waals surface area contributed by atoms with Crippen LogP contribution in [0.15, 0.2) is 46.4 Å². The van der Waals surface area contributed by atoms with Gasteiger partial charge >= 0.3 is 0 Å². The molecule has 2 aromatic carbocycles. The molecule has 6 nitrogen and oxygen atoms in total. The molecule has 1 aromatic heterocycles. The minimum Gasteiger partial charge on any atom is -0.356 e. The smallest absolute Gasteiger partial charge is 0.137 e. The molecule has 0 bridgehead atoms. The predicted molar refractivity (Wildman–Crippen MR) is 167 cm³/mol. The number of aromatic nitrogens is 1. The van der Waals surface area contributed by atoms with E-state index in [1.807, 2.05) is 40.6 Å². The molecule has 0 spiro atoms. The van der Waals surface area contributed by atoms with Gasteiger partial charge in [-0.05, 0) is 70.7 Å². The number of anilines is 1. The topological polar surface area (TPSA) is 47.3 Å². The zero-order valence-corrected chi connectivity index (χ0v) is 24.7. The standard InChI is InChI=1S/C27H38N6.3ClH/c1-7-15-33(16-8-2)27-25-19-21(28-13-17-31(3)4)9-11-23(25)24-12-10-22(20-26(24)30-27)29-14-18-32(5)6;;;/h9-14,19-20H,7-8,15-18H2,1-6H3;3*1H. The lowest BCUT2D eigenvalue weighted by Gasteiger charge is -2.25. The SMILES string of the molecule is CCCN(CCC)c1nc2cc(N=CCN(C)C)ccc2c2ccc(N=CCN(C)C)cc12.Cl.Cl.Cl. The highest BCUT2D eigenvalue weighted by Gasteiger charge is 2.15. The second kappa shape index (κ2) is 16.7. The van der Waals surface area contributed by atoms with Gasteiger partial charge < -0.3 is 14.7 Å². The van der Waals surface area contributed by atoms with Crippen LogP contribution in [0, 0.1) is 0 Å². The second-order valence-corrected chi connectivity index (χ2v) is 9.00. The van der Waals surface area contributed by atoms with Crippen LogP contribution < -0.4 is 4.90 Å². The maximum Gasteiger partial charge on any atom is 0.137 e. The van der Waals surface area contributed by atoms with Crippen LogP contribution >= 0.6 is 37.2 Å². The minimum absolute atomic E-state index is 0. The maximum atomic E-state index is 5.18. The van der Waals surface area contributed by atoms with Gasteiger partial charge in [-0.1, -0.05) is 26.0 Å². The van der Waals surface area contributed by atoms with E-state index in [-0.39, 0.29) is 37.2 Å². The Kier molecular flexibility index (Phi) is 15.8. The van der Waals surface area contributed by atoms with Crippen LogP contribution in [0.2, 0.25) is 0 Å². The molecule has 0 atom stereocenters. The Labute approximate surface area is 235 Å². The maximum absolute atomic E-state index is 5.18.